The van der Waals surface area contributed by atoms with Crippen molar-refractivity contribution in [1.82, 2.24) is 0 Å². The molecule has 2 rings (SSSR count). The number of anilines is 1. The van der Waals surface area contributed by atoms with Gasteiger partial charge in [0.25, 0.3) is 0 Å². The van der Waals surface area contributed by atoms with Gasteiger partial charge < -0.3 is 10.1 Å². The molecule has 0 fully saturated rings. The molecule has 0 saturated carbocycles. The Kier molecular flexibility index (Phi) is 5.16. The van der Waals surface area contributed by atoms with Crippen molar-refractivity contribution in [3.63, 3.8) is 0 Å². The predicted octanol–water partition coefficient (Wildman–Crippen LogP) is 5.57. The van der Waals surface area contributed by atoms with Gasteiger partial charge in [-0.25, -0.2) is 0 Å². The molecule has 4 heteroatoms. The Morgan fingerprint density at radius 1 is 1.15 bits per heavy atom. The van der Waals surface area contributed by atoms with Gasteiger partial charge in [0.05, 0.1) is 6.61 Å². The molecule has 0 saturated heterocycles. The molecule has 0 aliphatic rings. The summed E-state index contributed by atoms with van der Waals surface area (Å²) in [6.45, 7) is 4.68. The fraction of sp³-hybridized carbons (Fsp3) is 0.250. The SMILES string of the molecule is CCOc1cccc(NC(C)c2ccc(Cl)cc2Cl)c1. The minimum Gasteiger partial charge on any atom is -0.494 e. The van der Waals surface area contributed by atoms with Crippen LogP contribution in [0.25, 0.3) is 0 Å². The Balaban J connectivity index is 2.14. The van der Waals surface area contributed by atoms with Gasteiger partial charge in [-0.3, -0.25) is 0 Å². The smallest absolute Gasteiger partial charge is 0.121 e. The van der Waals surface area contributed by atoms with Crippen molar-refractivity contribution in [3.8, 4) is 5.75 Å². The molecule has 2 nitrogen and oxygen atoms in total. The first-order chi connectivity index (χ1) is 9.60. The number of halogens is 2. The standard InChI is InChI=1S/C16H17Cl2NO/c1-3-20-14-6-4-5-13(10-14)19-11(2)15-8-7-12(17)9-16(15)18/h4-11,19H,3H2,1-2H3. The number of rotatable bonds is 5. The van der Waals surface area contributed by atoms with Crippen LogP contribution in [0.1, 0.15) is 25.5 Å². The van der Waals surface area contributed by atoms with Crippen molar-refractivity contribution >= 4 is 28.9 Å². The lowest BCUT2D eigenvalue weighted by atomic mass is 10.1. The summed E-state index contributed by atoms with van der Waals surface area (Å²) < 4.78 is 5.49. The predicted molar refractivity (Wildman–Crippen MR) is 86.1 cm³/mol. The Morgan fingerprint density at radius 2 is 1.95 bits per heavy atom. The van der Waals surface area contributed by atoms with Crippen molar-refractivity contribution in [2.24, 2.45) is 0 Å². The molecule has 0 radical (unpaired) electrons. The summed E-state index contributed by atoms with van der Waals surface area (Å²) in [4.78, 5) is 0. The maximum atomic E-state index is 6.22. The zero-order chi connectivity index (χ0) is 14.5. The Labute approximate surface area is 129 Å². The third-order valence-electron chi connectivity index (χ3n) is 2.96. The summed E-state index contributed by atoms with van der Waals surface area (Å²) in [6, 6.07) is 13.5. The molecule has 1 unspecified atom stereocenters. The van der Waals surface area contributed by atoms with E-state index in [4.69, 9.17) is 27.9 Å². The number of benzene rings is 2. The zero-order valence-corrected chi connectivity index (χ0v) is 13.0. The molecular formula is C16H17Cl2NO. The maximum Gasteiger partial charge on any atom is 0.121 e. The van der Waals surface area contributed by atoms with Gasteiger partial charge in [0.15, 0.2) is 0 Å². The van der Waals surface area contributed by atoms with E-state index in [1.54, 1.807) is 6.07 Å². The van der Waals surface area contributed by atoms with E-state index in [0.717, 1.165) is 17.0 Å². The highest BCUT2D eigenvalue weighted by atomic mass is 35.5. The van der Waals surface area contributed by atoms with Crippen LogP contribution in [0.2, 0.25) is 10.0 Å². The lowest BCUT2D eigenvalue weighted by Crippen LogP contribution is -2.07. The van der Waals surface area contributed by atoms with Crippen LogP contribution in [0.15, 0.2) is 42.5 Å². The van der Waals surface area contributed by atoms with Crippen LogP contribution in [0.4, 0.5) is 5.69 Å². The van der Waals surface area contributed by atoms with E-state index in [-0.39, 0.29) is 6.04 Å². The summed E-state index contributed by atoms with van der Waals surface area (Å²) in [5, 5.41) is 4.72. The number of hydrogen-bond acceptors (Lipinski definition) is 2. The minimum atomic E-state index is 0.0802. The highest BCUT2D eigenvalue weighted by molar-refractivity contribution is 6.35. The van der Waals surface area contributed by atoms with Crippen molar-refractivity contribution < 1.29 is 4.74 Å². The molecule has 20 heavy (non-hydrogen) atoms. The Morgan fingerprint density at radius 3 is 2.65 bits per heavy atom. The van der Waals surface area contributed by atoms with Crippen LogP contribution in [-0.4, -0.2) is 6.61 Å². The second kappa shape index (κ2) is 6.87. The van der Waals surface area contributed by atoms with E-state index in [1.807, 2.05) is 43.3 Å². The molecule has 0 heterocycles. The molecule has 0 spiro atoms. The molecule has 1 N–H and O–H groups in total. The molecule has 0 aliphatic heterocycles. The molecule has 0 aromatic heterocycles. The van der Waals surface area contributed by atoms with Crippen LogP contribution in [0, 0.1) is 0 Å². The van der Waals surface area contributed by atoms with Gasteiger partial charge in [0.2, 0.25) is 0 Å². The third kappa shape index (κ3) is 3.81. The summed E-state index contributed by atoms with van der Waals surface area (Å²) in [5.41, 5.74) is 2.01. The van der Waals surface area contributed by atoms with Crippen LogP contribution >= 0.6 is 23.2 Å². The van der Waals surface area contributed by atoms with Gasteiger partial charge in [-0.05, 0) is 43.7 Å². The monoisotopic (exact) mass is 309 g/mol. The van der Waals surface area contributed by atoms with E-state index in [1.165, 1.54) is 0 Å². The largest absolute Gasteiger partial charge is 0.494 e. The van der Waals surface area contributed by atoms with Crippen LogP contribution in [0.3, 0.4) is 0 Å². The van der Waals surface area contributed by atoms with Crippen LogP contribution in [0.5, 0.6) is 5.75 Å². The van der Waals surface area contributed by atoms with Gasteiger partial charge in [0.1, 0.15) is 5.75 Å². The van der Waals surface area contributed by atoms with Gasteiger partial charge in [-0.2, -0.15) is 0 Å². The van der Waals surface area contributed by atoms with E-state index >= 15 is 0 Å². The fourth-order valence-electron chi connectivity index (χ4n) is 2.02. The van der Waals surface area contributed by atoms with Gasteiger partial charge >= 0.3 is 0 Å². The molecule has 0 aliphatic carbocycles. The zero-order valence-electron chi connectivity index (χ0n) is 11.5. The highest BCUT2D eigenvalue weighted by Gasteiger charge is 2.10. The lowest BCUT2D eigenvalue weighted by molar-refractivity contribution is 0.340. The number of nitrogens with one attached hydrogen (secondary N) is 1. The van der Waals surface area contributed by atoms with Crippen molar-refractivity contribution in [2.75, 3.05) is 11.9 Å². The summed E-state index contributed by atoms with van der Waals surface area (Å²) >= 11 is 12.1. The van der Waals surface area contributed by atoms with E-state index in [9.17, 15) is 0 Å². The van der Waals surface area contributed by atoms with E-state index in [2.05, 4.69) is 12.2 Å². The van der Waals surface area contributed by atoms with Gasteiger partial charge in [-0.15, -0.1) is 0 Å². The first-order valence-electron chi connectivity index (χ1n) is 6.54. The van der Waals surface area contributed by atoms with Crippen molar-refractivity contribution in [2.45, 2.75) is 19.9 Å². The summed E-state index contributed by atoms with van der Waals surface area (Å²) in [5.74, 6) is 0.854. The molecule has 106 valence electrons. The van der Waals surface area contributed by atoms with E-state index in [0.29, 0.717) is 16.7 Å². The number of hydrogen-bond donors (Lipinski definition) is 1. The maximum absolute atomic E-state index is 6.22. The van der Waals surface area contributed by atoms with Crippen molar-refractivity contribution in [3.05, 3.63) is 58.1 Å². The highest BCUT2D eigenvalue weighted by Crippen LogP contribution is 2.29. The normalized spacial score (nSPS) is 12.0. The average Bonchev–Trinajstić information content (AvgIpc) is 2.39. The molecule has 0 bridgehead atoms. The Hall–Kier alpha value is -1.38. The summed E-state index contributed by atoms with van der Waals surface area (Å²) in [6.07, 6.45) is 0. The summed E-state index contributed by atoms with van der Waals surface area (Å²) in [7, 11) is 0. The first-order valence-corrected chi connectivity index (χ1v) is 7.30. The molecule has 2 aromatic rings. The molecular weight excluding hydrogens is 293 g/mol. The Bertz CT molecular complexity index is 586. The number of ether oxygens (including phenoxy) is 1. The van der Waals surface area contributed by atoms with E-state index < -0.39 is 0 Å². The second-order valence-electron chi connectivity index (χ2n) is 4.49. The van der Waals surface area contributed by atoms with Crippen LogP contribution in [-0.2, 0) is 0 Å². The van der Waals surface area contributed by atoms with Gasteiger partial charge in [0, 0.05) is 27.8 Å². The minimum absolute atomic E-state index is 0.0802. The molecule has 1 atom stereocenters. The first kappa shape index (κ1) is 15.0. The third-order valence-corrected chi connectivity index (χ3v) is 3.52. The quantitative estimate of drug-likeness (QED) is 0.780. The van der Waals surface area contributed by atoms with Crippen molar-refractivity contribution in [1.29, 1.82) is 0 Å². The second-order valence-corrected chi connectivity index (χ2v) is 5.34. The molecule has 0 amide bonds. The average molecular weight is 310 g/mol. The topological polar surface area (TPSA) is 21.3 Å². The lowest BCUT2D eigenvalue weighted by Gasteiger charge is -2.17. The molecule has 2 aromatic carbocycles. The van der Waals surface area contributed by atoms with Crippen LogP contribution < -0.4 is 10.1 Å². The van der Waals surface area contributed by atoms with Gasteiger partial charge in [-0.1, -0.05) is 35.3 Å². The fourth-order valence-corrected chi connectivity index (χ4v) is 2.59.